The number of halogens is 1. The molecule has 1 aromatic carbocycles. The SMILES string of the molecule is NC(=O)[C@H]1CCCN1c1ncnc2scc(-c3ccc(Cl)cc3)c12. The minimum atomic E-state index is -0.305. The Hall–Kier alpha value is -2.18. The highest BCUT2D eigenvalue weighted by Crippen LogP contribution is 2.39. The van der Waals surface area contributed by atoms with Gasteiger partial charge in [0.25, 0.3) is 0 Å². The molecule has 2 N–H and O–H groups in total. The van der Waals surface area contributed by atoms with Gasteiger partial charge in [-0.2, -0.15) is 0 Å². The lowest BCUT2D eigenvalue weighted by molar-refractivity contribution is -0.119. The first-order valence-corrected chi connectivity index (χ1v) is 8.95. The van der Waals surface area contributed by atoms with Gasteiger partial charge in [-0.1, -0.05) is 23.7 Å². The van der Waals surface area contributed by atoms with Crippen molar-refractivity contribution in [3.8, 4) is 11.1 Å². The Kier molecular flexibility index (Phi) is 3.86. The van der Waals surface area contributed by atoms with Gasteiger partial charge in [-0.05, 0) is 30.5 Å². The highest BCUT2D eigenvalue weighted by Gasteiger charge is 2.32. The van der Waals surface area contributed by atoms with Crippen molar-refractivity contribution in [2.75, 3.05) is 11.4 Å². The number of benzene rings is 1. The van der Waals surface area contributed by atoms with Crippen LogP contribution in [0.25, 0.3) is 21.3 Å². The molecule has 1 fully saturated rings. The molecule has 3 aromatic rings. The van der Waals surface area contributed by atoms with Crippen LogP contribution in [0.2, 0.25) is 5.02 Å². The smallest absolute Gasteiger partial charge is 0.240 e. The van der Waals surface area contributed by atoms with Gasteiger partial charge in [0.15, 0.2) is 0 Å². The number of carbonyl (C=O) groups excluding carboxylic acids is 1. The summed E-state index contributed by atoms with van der Waals surface area (Å²) in [5.74, 6) is 0.482. The molecule has 0 saturated carbocycles. The minimum Gasteiger partial charge on any atom is -0.368 e. The molecule has 0 spiro atoms. The lowest BCUT2D eigenvalue weighted by Gasteiger charge is -2.24. The monoisotopic (exact) mass is 358 g/mol. The van der Waals surface area contributed by atoms with E-state index in [0.29, 0.717) is 5.02 Å². The predicted molar refractivity (Wildman–Crippen MR) is 97.4 cm³/mol. The highest BCUT2D eigenvalue weighted by molar-refractivity contribution is 7.17. The van der Waals surface area contributed by atoms with Crippen LogP contribution < -0.4 is 10.6 Å². The van der Waals surface area contributed by atoms with E-state index in [9.17, 15) is 4.79 Å². The summed E-state index contributed by atoms with van der Waals surface area (Å²) in [6.45, 7) is 0.773. The number of hydrogen-bond donors (Lipinski definition) is 1. The summed E-state index contributed by atoms with van der Waals surface area (Å²) in [5, 5.41) is 3.74. The van der Waals surface area contributed by atoms with E-state index < -0.39 is 0 Å². The van der Waals surface area contributed by atoms with E-state index in [2.05, 4.69) is 15.3 Å². The summed E-state index contributed by atoms with van der Waals surface area (Å²) in [7, 11) is 0. The predicted octanol–water partition coefficient (Wildman–Crippen LogP) is 3.47. The second-order valence-electron chi connectivity index (χ2n) is 5.79. The molecule has 0 bridgehead atoms. The summed E-state index contributed by atoms with van der Waals surface area (Å²) < 4.78 is 0. The number of amides is 1. The summed E-state index contributed by atoms with van der Waals surface area (Å²) in [4.78, 5) is 23.6. The topological polar surface area (TPSA) is 72.1 Å². The number of rotatable bonds is 3. The third-order valence-electron chi connectivity index (χ3n) is 4.36. The molecule has 0 aliphatic carbocycles. The Morgan fingerprint density at radius 2 is 2.08 bits per heavy atom. The molecular weight excluding hydrogens is 344 g/mol. The van der Waals surface area contributed by atoms with Crippen LogP contribution in [0.5, 0.6) is 0 Å². The van der Waals surface area contributed by atoms with Crippen LogP contribution in [-0.4, -0.2) is 28.5 Å². The zero-order chi connectivity index (χ0) is 16.7. The molecule has 4 rings (SSSR count). The number of carbonyl (C=O) groups is 1. The summed E-state index contributed by atoms with van der Waals surface area (Å²) in [6.07, 6.45) is 3.25. The van der Waals surface area contributed by atoms with Gasteiger partial charge in [0.2, 0.25) is 5.91 Å². The number of nitrogens with two attached hydrogens (primary N) is 1. The Morgan fingerprint density at radius 3 is 2.83 bits per heavy atom. The van der Waals surface area contributed by atoms with Gasteiger partial charge >= 0.3 is 0 Å². The van der Waals surface area contributed by atoms with Crippen molar-refractivity contribution in [2.24, 2.45) is 5.73 Å². The van der Waals surface area contributed by atoms with Crippen LogP contribution in [0.1, 0.15) is 12.8 Å². The van der Waals surface area contributed by atoms with Crippen LogP contribution in [-0.2, 0) is 4.79 Å². The van der Waals surface area contributed by atoms with E-state index in [-0.39, 0.29) is 11.9 Å². The fourth-order valence-electron chi connectivity index (χ4n) is 3.24. The first-order valence-electron chi connectivity index (χ1n) is 7.69. The maximum absolute atomic E-state index is 11.8. The van der Waals surface area contributed by atoms with Crippen LogP contribution in [0.3, 0.4) is 0 Å². The maximum atomic E-state index is 11.8. The molecule has 122 valence electrons. The molecule has 0 radical (unpaired) electrons. The molecule has 5 nitrogen and oxygen atoms in total. The van der Waals surface area contributed by atoms with Gasteiger partial charge in [-0.3, -0.25) is 4.79 Å². The van der Waals surface area contributed by atoms with E-state index in [1.807, 2.05) is 29.2 Å². The number of aromatic nitrogens is 2. The number of thiophene rings is 1. The third-order valence-corrected chi connectivity index (χ3v) is 5.50. The van der Waals surface area contributed by atoms with E-state index >= 15 is 0 Å². The zero-order valence-electron chi connectivity index (χ0n) is 12.8. The number of nitrogens with zero attached hydrogens (tertiary/aromatic N) is 3. The third kappa shape index (κ3) is 2.52. The molecule has 0 unspecified atom stereocenters. The Labute approximate surface area is 148 Å². The summed E-state index contributed by atoms with van der Waals surface area (Å²) in [6, 6.07) is 7.39. The van der Waals surface area contributed by atoms with Crippen molar-refractivity contribution in [1.29, 1.82) is 0 Å². The molecule has 1 saturated heterocycles. The number of fused-ring (bicyclic) bond motifs is 1. The Morgan fingerprint density at radius 1 is 1.29 bits per heavy atom. The van der Waals surface area contributed by atoms with Gasteiger partial charge in [-0.15, -0.1) is 11.3 Å². The van der Waals surface area contributed by atoms with Crippen molar-refractivity contribution >= 4 is 44.9 Å². The highest BCUT2D eigenvalue weighted by atomic mass is 35.5. The quantitative estimate of drug-likeness (QED) is 0.778. The standard InChI is InChI=1S/C17H15ClN4OS/c18-11-5-3-10(4-6-11)12-8-24-17-14(12)16(20-9-21-17)22-7-1-2-13(22)15(19)23/h3-6,8-9,13H,1-2,7H2,(H2,19,23)/t13-/m1/s1. The Bertz CT molecular complexity index is 909. The molecule has 3 heterocycles. The van der Waals surface area contributed by atoms with Crippen molar-refractivity contribution in [3.63, 3.8) is 0 Å². The fourth-order valence-corrected chi connectivity index (χ4v) is 4.27. The Balaban J connectivity index is 1.89. The van der Waals surface area contributed by atoms with Gasteiger partial charge in [0.1, 0.15) is 23.0 Å². The average Bonchev–Trinajstić information content (AvgIpc) is 3.22. The number of anilines is 1. The summed E-state index contributed by atoms with van der Waals surface area (Å²) >= 11 is 7.57. The molecule has 1 amide bonds. The molecule has 2 aromatic heterocycles. The normalized spacial score (nSPS) is 17.5. The first-order chi connectivity index (χ1) is 11.6. The van der Waals surface area contributed by atoms with Gasteiger partial charge < -0.3 is 10.6 Å². The van der Waals surface area contributed by atoms with Crippen LogP contribution in [0.15, 0.2) is 36.0 Å². The lowest BCUT2D eigenvalue weighted by atomic mass is 10.1. The molecule has 1 aliphatic rings. The average molecular weight is 359 g/mol. The number of hydrogen-bond acceptors (Lipinski definition) is 5. The van der Waals surface area contributed by atoms with E-state index in [4.69, 9.17) is 17.3 Å². The molecular formula is C17H15ClN4OS. The van der Waals surface area contributed by atoms with Gasteiger partial charge in [0, 0.05) is 22.5 Å². The van der Waals surface area contributed by atoms with Crippen LogP contribution in [0, 0.1) is 0 Å². The van der Waals surface area contributed by atoms with Crippen molar-refractivity contribution in [3.05, 3.63) is 41.0 Å². The van der Waals surface area contributed by atoms with Crippen molar-refractivity contribution < 1.29 is 4.79 Å². The first kappa shape index (κ1) is 15.4. The van der Waals surface area contributed by atoms with E-state index in [1.54, 1.807) is 17.7 Å². The van der Waals surface area contributed by atoms with Gasteiger partial charge in [0.05, 0.1) is 5.39 Å². The van der Waals surface area contributed by atoms with Crippen molar-refractivity contribution in [2.45, 2.75) is 18.9 Å². The maximum Gasteiger partial charge on any atom is 0.240 e. The minimum absolute atomic E-state index is 0.303. The van der Waals surface area contributed by atoms with E-state index in [0.717, 1.165) is 46.5 Å². The second-order valence-corrected chi connectivity index (χ2v) is 7.08. The fraction of sp³-hybridized carbons (Fsp3) is 0.235. The molecule has 7 heteroatoms. The van der Waals surface area contributed by atoms with Crippen LogP contribution in [0.4, 0.5) is 5.82 Å². The van der Waals surface area contributed by atoms with E-state index in [1.165, 1.54) is 0 Å². The molecule has 24 heavy (non-hydrogen) atoms. The number of primary amides is 1. The molecule has 1 atom stereocenters. The summed E-state index contributed by atoms with van der Waals surface area (Å²) in [5.41, 5.74) is 7.68. The van der Waals surface area contributed by atoms with Gasteiger partial charge in [-0.25, -0.2) is 9.97 Å². The van der Waals surface area contributed by atoms with Crippen LogP contribution >= 0.6 is 22.9 Å². The lowest BCUT2D eigenvalue weighted by Crippen LogP contribution is -2.40. The largest absolute Gasteiger partial charge is 0.368 e. The second kappa shape index (κ2) is 6.03. The van der Waals surface area contributed by atoms with Crippen molar-refractivity contribution in [1.82, 2.24) is 9.97 Å². The molecule has 1 aliphatic heterocycles. The zero-order valence-corrected chi connectivity index (χ0v) is 14.3.